The SMILES string of the molecule is Cc1nc2ccc(NC(=O)c3cc(Br)ccc3N)cc2[nH]1. The second-order valence-electron chi connectivity index (χ2n) is 4.74. The number of carbonyl (C=O) groups is 1. The van der Waals surface area contributed by atoms with Gasteiger partial charge in [0.25, 0.3) is 5.91 Å². The van der Waals surface area contributed by atoms with Crippen molar-refractivity contribution in [1.82, 2.24) is 9.97 Å². The molecule has 21 heavy (non-hydrogen) atoms. The fourth-order valence-electron chi connectivity index (χ4n) is 2.14. The second kappa shape index (κ2) is 5.21. The molecular formula is C15H13BrN4O. The third kappa shape index (κ3) is 2.75. The molecular weight excluding hydrogens is 332 g/mol. The first-order valence-electron chi connectivity index (χ1n) is 6.36. The van der Waals surface area contributed by atoms with Gasteiger partial charge in [-0.3, -0.25) is 4.79 Å². The van der Waals surface area contributed by atoms with E-state index in [4.69, 9.17) is 5.73 Å². The van der Waals surface area contributed by atoms with Crippen LogP contribution in [0.25, 0.3) is 11.0 Å². The number of halogens is 1. The standard InChI is InChI=1S/C15H13BrN4O/c1-8-18-13-5-3-10(7-14(13)19-8)20-15(21)11-6-9(16)2-4-12(11)17/h2-7H,17H2,1H3,(H,18,19)(H,20,21). The van der Waals surface area contributed by atoms with Crippen LogP contribution in [-0.2, 0) is 0 Å². The van der Waals surface area contributed by atoms with Crippen LogP contribution < -0.4 is 11.1 Å². The van der Waals surface area contributed by atoms with E-state index < -0.39 is 0 Å². The number of nitrogen functional groups attached to an aromatic ring is 1. The summed E-state index contributed by atoms with van der Waals surface area (Å²) < 4.78 is 0.807. The first-order chi connectivity index (χ1) is 10.0. The van der Waals surface area contributed by atoms with Crippen LogP contribution in [0.2, 0.25) is 0 Å². The van der Waals surface area contributed by atoms with Crippen molar-refractivity contribution in [2.24, 2.45) is 0 Å². The summed E-state index contributed by atoms with van der Waals surface area (Å²) in [6.45, 7) is 1.89. The van der Waals surface area contributed by atoms with Crippen molar-refractivity contribution < 1.29 is 4.79 Å². The van der Waals surface area contributed by atoms with Crippen LogP contribution in [0.1, 0.15) is 16.2 Å². The number of aromatic amines is 1. The number of nitrogens with one attached hydrogen (secondary N) is 2. The highest BCUT2D eigenvalue weighted by molar-refractivity contribution is 9.10. The molecule has 0 bridgehead atoms. The van der Waals surface area contributed by atoms with Crippen LogP contribution in [-0.4, -0.2) is 15.9 Å². The Morgan fingerprint density at radius 3 is 2.90 bits per heavy atom. The van der Waals surface area contributed by atoms with Gasteiger partial charge in [-0.05, 0) is 43.3 Å². The molecule has 4 N–H and O–H groups in total. The number of aryl methyl sites for hydroxylation is 1. The van der Waals surface area contributed by atoms with E-state index in [1.54, 1.807) is 18.2 Å². The Morgan fingerprint density at radius 2 is 2.10 bits per heavy atom. The summed E-state index contributed by atoms with van der Waals surface area (Å²) in [7, 11) is 0. The van der Waals surface area contributed by atoms with Gasteiger partial charge in [0.2, 0.25) is 0 Å². The number of rotatable bonds is 2. The molecule has 0 aliphatic rings. The van der Waals surface area contributed by atoms with E-state index in [1.165, 1.54) is 0 Å². The lowest BCUT2D eigenvalue weighted by atomic mass is 10.1. The number of amides is 1. The number of nitrogens with zero attached hydrogens (tertiary/aromatic N) is 1. The van der Waals surface area contributed by atoms with E-state index in [1.807, 2.05) is 25.1 Å². The molecule has 5 nitrogen and oxygen atoms in total. The summed E-state index contributed by atoms with van der Waals surface area (Å²) in [4.78, 5) is 19.8. The smallest absolute Gasteiger partial charge is 0.257 e. The molecule has 0 atom stereocenters. The number of H-pyrrole nitrogens is 1. The lowest BCUT2D eigenvalue weighted by Crippen LogP contribution is -2.14. The Hall–Kier alpha value is -2.34. The molecule has 6 heteroatoms. The highest BCUT2D eigenvalue weighted by atomic mass is 79.9. The zero-order valence-electron chi connectivity index (χ0n) is 11.3. The summed E-state index contributed by atoms with van der Waals surface area (Å²) in [6, 6.07) is 10.7. The molecule has 0 aliphatic carbocycles. The first kappa shape index (κ1) is 13.6. The maximum Gasteiger partial charge on any atom is 0.257 e. The summed E-state index contributed by atoms with van der Waals surface area (Å²) in [5.41, 5.74) is 9.15. The van der Waals surface area contributed by atoms with Crippen molar-refractivity contribution in [2.75, 3.05) is 11.1 Å². The molecule has 3 rings (SSSR count). The summed E-state index contributed by atoms with van der Waals surface area (Å²) in [5, 5.41) is 2.84. The Bertz CT molecular complexity index is 841. The number of anilines is 2. The van der Waals surface area contributed by atoms with E-state index in [9.17, 15) is 4.79 Å². The Balaban J connectivity index is 1.90. The maximum atomic E-state index is 12.3. The fraction of sp³-hybridized carbons (Fsp3) is 0.0667. The van der Waals surface area contributed by atoms with Crippen molar-refractivity contribution in [1.29, 1.82) is 0 Å². The molecule has 0 saturated heterocycles. The number of carbonyl (C=O) groups excluding carboxylic acids is 1. The number of aromatic nitrogens is 2. The number of hydrogen-bond donors (Lipinski definition) is 3. The van der Waals surface area contributed by atoms with Crippen LogP contribution >= 0.6 is 15.9 Å². The van der Waals surface area contributed by atoms with Gasteiger partial charge in [0.05, 0.1) is 16.6 Å². The molecule has 1 heterocycles. The van der Waals surface area contributed by atoms with Gasteiger partial charge >= 0.3 is 0 Å². The van der Waals surface area contributed by atoms with E-state index in [-0.39, 0.29) is 5.91 Å². The summed E-state index contributed by atoms with van der Waals surface area (Å²) >= 11 is 3.34. The van der Waals surface area contributed by atoms with Gasteiger partial charge in [0.1, 0.15) is 5.82 Å². The van der Waals surface area contributed by atoms with Crippen LogP contribution in [0.3, 0.4) is 0 Å². The van der Waals surface area contributed by atoms with Gasteiger partial charge in [0, 0.05) is 15.8 Å². The van der Waals surface area contributed by atoms with E-state index >= 15 is 0 Å². The van der Waals surface area contributed by atoms with Gasteiger partial charge in [-0.2, -0.15) is 0 Å². The van der Waals surface area contributed by atoms with Crippen LogP contribution in [0.5, 0.6) is 0 Å². The normalized spacial score (nSPS) is 10.8. The predicted molar refractivity (Wildman–Crippen MR) is 87.3 cm³/mol. The summed E-state index contributed by atoms with van der Waals surface area (Å²) in [5.74, 6) is 0.592. The molecule has 0 spiro atoms. The zero-order valence-corrected chi connectivity index (χ0v) is 12.9. The first-order valence-corrected chi connectivity index (χ1v) is 7.15. The third-order valence-corrected chi connectivity index (χ3v) is 3.61. The molecule has 0 unspecified atom stereocenters. The van der Waals surface area contributed by atoms with Crippen molar-refractivity contribution in [3.63, 3.8) is 0 Å². The average Bonchev–Trinajstić information content (AvgIpc) is 2.80. The Morgan fingerprint density at radius 1 is 1.29 bits per heavy atom. The minimum absolute atomic E-state index is 0.246. The van der Waals surface area contributed by atoms with Crippen LogP contribution in [0, 0.1) is 6.92 Å². The van der Waals surface area contributed by atoms with Gasteiger partial charge in [-0.25, -0.2) is 4.98 Å². The Labute approximate surface area is 129 Å². The van der Waals surface area contributed by atoms with Crippen molar-refractivity contribution in [2.45, 2.75) is 6.92 Å². The minimum Gasteiger partial charge on any atom is -0.398 e. The molecule has 0 fully saturated rings. The third-order valence-electron chi connectivity index (χ3n) is 3.12. The molecule has 1 aromatic heterocycles. The van der Waals surface area contributed by atoms with E-state index in [2.05, 4.69) is 31.2 Å². The molecule has 0 aliphatic heterocycles. The van der Waals surface area contributed by atoms with Gasteiger partial charge < -0.3 is 16.0 Å². The molecule has 3 aromatic rings. The van der Waals surface area contributed by atoms with Crippen molar-refractivity contribution in [3.8, 4) is 0 Å². The molecule has 2 aromatic carbocycles. The van der Waals surface area contributed by atoms with Crippen LogP contribution in [0.4, 0.5) is 11.4 Å². The molecule has 1 amide bonds. The van der Waals surface area contributed by atoms with Gasteiger partial charge in [0.15, 0.2) is 0 Å². The Kier molecular flexibility index (Phi) is 3.39. The highest BCUT2D eigenvalue weighted by Crippen LogP contribution is 2.21. The molecule has 0 radical (unpaired) electrons. The zero-order chi connectivity index (χ0) is 15.0. The van der Waals surface area contributed by atoms with Gasteiger partial charge in [-0.1, -0.05) is 15.9 Å². The van der Waals surface area contributed by atoms with Crippen molar-refractivity contribution >= 4 is 44.2 Å². The fourth-order valence-corrected chi connectivity index (χ4v) is 2.50. The quantitative estimate of drug-likeness (QED) is 0.622. The monoisotopic (exact) mass is 344 g/mol. The predicted octanol–water partition coefficient (Wildman–Crippen LogP) is 3.47. The van der Waals surface area contributed by atoms with Gasteiger partial charge in [-0.15, -0.1) is 0 Å². The second-order valence-corrected chi connectivity index (χ2v) is 5.66. The van der Waals surface area contributed by atoms with Crippen LogP contribution in [0.15, 0.2) is 40.9 Å². The number of benzene rings is 2. The van der Waals surface area contributed by atoms with E-state index in [0.717, 1.165) is 21.3 Å². The highest BCUT2D eigenvalue weighted by Gasteiger charge is 2.11. The summed E-state index contributed by atoms with van der Waals surface area (Å²) in [6.07, 6.45) is 0. The lowest BCUT2D eigenvalue weighted by molar-refractivity contribution is 0.102. The van der Waals surface area contributed by atoms with Crippen molar-refractivity contribution in [3.05, 3.63) is 52.3 Å². The largest absolute Gasteiger partial charge is 0.398 e. The minimum atomic E-state index is -0.246. The average molecular weight is 345 g/mol. The van der Waals surface area contributed by atoms with E-state index in [0.29, 0.717) is 16.9 Å². The number of imidazole rings is 1. The number of nitrogens with two attached hydrogens (primary N) is 1. The molecule has 106 valence electrons. The number of hydrogen-bond acceptors (Lipinski definition) is 3. The lowest BCUT2D eigenvalue weighted by Gasteiger charge is -2.08. The molecule has 0 saturated carbocycles. The maximum absolute atomic E-state index is 12.3. The topological polar surface area (TPSA) is 83.8 Å². The number of fused-ring (bicyclic) bond motifs is 1.